The highest BCUT2D eigenvalue weighted by Crippen LogP contribution is 2.35. The third kappa shape index (κ3) is 4.66. The highest BCUT2D eigenvalue weighted by molar-refractivity contribution is 7.89. The van der Waals surface area contributed by atoms with E-state index in [1.807, 2.05) is 18.2 Å². The van der Waals surface area contributed by atoms with Crippen molar-refractivity contribution in [3.05, 3.63) is 59.9 Å². The van der Waals surface area contributed by atoms with Crippen molar-refractivity contribution in [1.82, 2.24) is 14.2 Å². The summed E-state index contributed by atoms with van der Waals surface area (Å²) in [5, 5.41) is 0. The molecule has 1 aromatic heterocycles. The first-order chi connectivity index (χ1) is 12.8. The Morgan fingerprint density at radius 1 is 0.963 bits per heavy atom. The van der Waals surface area contributed by atoms with Crippen molar-refractivity contribution >= 4 is 10.0 Å². The first-order valence-electron chi connectivity index (χ1n) is 8.57. The minimum Gasteiger partial charge on any atom is -0.300 e. The fourth-order valence-corrected chi connectivity index (χ4v) is 4.71. The van der Waals surface area contributed by atoms with E-state index in [1.165, 1.54) is 12.1 Å². The van der Waals surface area contributed by atoms with Gasteiger partial charge < -0.3 is 4.90 Å². The van der Waals surface area contributed by atoms with Crippen LogP contribution in [0.3, 0.4) is 0 Å². The molecule has 0 amide bonds. The molecule has 0 radical (unpaired) electrons. The molecule has 3 rings (SSSR count). The number of aromatic nitrogens is 1. The average Bonchev–Trinajstić information content (AvgIpc) is 2.67. The molecule has 2 heterocycles. The number of hydrogen-bond donors (Lipinski definition) is 0. The molecule has 0 N–H and O–H groups in total. The van der Waals surface area contributed by atoms with Crippen molar-refractivity contribution in [1.29, 1.82) is 0 Å². The number of hydrogen-bond acceptors (Lipinski definition) is 4. The van der Waals surface area contributed by atoms with Crippen LogP contribution in [0.15, 0.2) is 53.6 Å². The van der Waals surface area contributed by atoms with Gasteiger partial charge in [-0.15, -0.1) is 0 Å². The van der Waals surface area contributed by atoms with Crippen LogP contribution in [-0.4, -0.2) is 55.3 Å². The first-order valence-corrected chi connectivity index (χ1v) is 10.0. The van der Waals surface area contributed by atoms with Crippen molar-refractivity contribution in [3.63, 3.8) is 0 Å². The molecule has 0 bridgehead atoms. The highest BCUT2D eigenvalue weighted by Gasteiger charge is 2.39. The van der Waals surface area contributed by atoms with Crippen molar-refractivity contribution in [2.24, 2.45) is 0 Å². The summed E-state index contributed by atoms with van der Waals surface area (Å²) in [5.74, 6) is 0. The summed E-state index contributed by atoms with van der Waals surface area (Å²) in [4.78, 5) is 5.66. The van der Waals surface area contributed by atoms with Crippen molar-refractivity contribution < 1.29 is 21.6 Å². The Balaban J connectivity index is 1.65. The summed E-state index contributed by atoms with van der Waals surface area (Å²) in [6.07, 6.45) is -2.25. The largest absolute Gasteiger partial charge is 0.417 e. The van der Waals surface area contributed by atoms with Crippen LogP contribution in [0.4, 0.5) is 13.2 Å². The van der Waals surface area contributed by atoms with E-state index in [2.05, 4.69) is 9.88 Å². The summed E-state index contributed by atoms with van der Waals surface area (Å²) in [7, 11) is -4.19. The summed E-state index contributed by atoms with van der Waals surface area (Å²) in [6.45, 7) is 2.00. The SMILES string of the molecule is O=S(=O)(c1ccccc1C(F)(F)F)N1CCN(CCc2ccccn2)CC1. The molecule has 27 heavy (non-hydrogen) atoms. The van der Waals surface area contributed by atoms with Crippen LogP contribution < -0.4 is 0 Å². The van der Waals surface area contributed by atoms with Gasteiger partial charge in [-0.3, -0.25) is 4.98 Å². The normalized spacial score (nSPS) is 17.1. The van der Waals surface area contributed by atoms with Gasteiger partial charge in [0.2, 0.25) is 10.0 Å². The van der Waals surface area contributed by atoms with Gasteiger partial charge in [0, 0.05) is 51.0 Å². The van der Waals surface area contributed by atoms with E-state index in [-0.39, 0.29) is 13.1 Å². The fourth-order valence-electron chi connectivity index (χ4n) is 3.08. The third-order valence-corrected chi connectivity index (χ3v) is 6.51. The van der Waals surface area contributed by atoms with Gasteiger partial charge in [-0.05, 0) is 24.3 Å². The van der Waals surface area contributed by atoms with E-state index in [0.29, 0.717) is 13.1 Å². The molecule has 1 aromatic carbocycles. The molecule has 1 saturated heterocycles. The van der Waals surface area contributed by atoms with E-state index >= 15 is 0 Å². The fraction of sp³-hybridized carbons (Fsp3) is 0.389. The van der Waals surface area contributed by atoms with Gasteiger partial charge in [-0.1, -0.05) is 18.2 Å². The topological polar surface area (TPSA) is 53.5 Å². The van der Waals surface area contributed by atoms with Crippen LogP contribution >= 0.6 is 0 Å². The molecule has 1 aliphatic rings. The molecule has 0 atom stereocenters. The van der Waals surface area contributed by atoms with E-state index in [9.17, 15) is 21.6 Å². The average molecular weight is 399 g/mol. The zero-order valence-electron chi connectivity index (χ0n) is 14.6. The molecular weight excluding hydrogens is 379 g/mol. The van der Waals surface area contributed by atoms with Gasteiger partial charge in [0.15, 0.2) is 0 Å². The van der Waals surface area contributed by atoms with Gasteiger partial charge in [-0.2, -0.15) is 17.5 Å². The number of alkyl halides is 3. The molecule has 5 nitrogen and oxygen atoms in total. The molecule has 9 heteroatoms. The summed E-state index contributed by atoms with van der Waals surface area (Å²) in [6, 6.07) is 10.00. The number of halogens is 3. The van der Waals surface area contributed by atoms with Crippen LogP contribution in [0.5, 0.6) is 0 Å². The lowest BCUT2D eigenvalue weighted by atomic mass is 10.2. The van der Waals surface area contributed by atoms with Gasteiger partial charge in [0.1, 0.15) is 0 Å². The predicted molar refractivity (Wildman–Crippen MR) is 94.6 cm³/mol. The Morgan fingerprint density at radius 2 is 1.63 bits per heavy atom. The number of benzene rings is 1. The van der Waals surface area contributed by atoms with Crippen LogP contribution in [0, 0.1) is 0 Å². The van der Waals surface area contributed by atoms with Gasteiger partial charge in [0.25, 0.3) is 0 Å². The number of piperazine rings is 1. The lowest BCUT2D eigenvalue weighted by Crippen LogP contribution is -2.49. The Kier molecular flexibility index (Phi) is 5.83. The van der Waals surface area contributed by atoms with Crippen LogP contribution in [-0.2, 0) is 22.6 Å². The standard InChI is InChI=1S/C18H20F3N3O2S/c19-18(20,21)16-6-1-2-7-17(16)27(25,26)24-13-11-23(12-14-24)10-8-15-5-3-4-9-22-15/h1-7,9H,8,10-14H2. The second-order valence-electron chi connectivity index (χ2n) is 6.31. The lowest BCUT2D eigenvalue weighted by Gasteiger charge is -2.34. The third-order valence-electron chi connectivity index (χ3n) is 4.55. The maximum absolute atomic E-state index is 13.2. The molecule has 146 valence electrons. The molecule has 1 aliphatic heterocycles. The Hall–Kier alpha value is -1.97. The van der Waals surface area contributed by atoms with E-state index in [1.54, 1.807) is 6.20 Å². The number of pyridine rings is 1. The Labute approximate surface area is 156 Å². The van der Waals surface area contributed by atoms with Gasteiger partial charge >= 0.3 is 6.18 Å². The van der Waals surface area contributed by atoms with Crippen molar-refractivity contribution in [2.45, 2.75) is 17.5 Å². The maximum atomic E-state index is 13.2. The van der Waals surface area contributed by atoms with E-state index < -0.39 is 26.7 Å². The van der Waals surface area contributed by atoms with Crippen LogP contribution in [0.1, 0.15) is 11.3 Å². The second-order valence-corrected chi connectivity index (χ2v) is 8.22. The van der Waals surface area contributed by atoms with Crippen molar-refractivity contribution in [3.8, 4) is 0 Å². The minimum atomic E-state index is -4.71. The summed E-state index contributed by atoms with van der Waals surface area (Å²) >= 11 is 0. The zero-order valence-corrected chi connectivity index (χ0v) is 15.4. The molecular formula is C18H20F3N3O2S. The van der Waals surface area contributed by atoms with E-state index in [0.717, 1.165) is 35.1 Å². The highest BCUT2D eigenvalue weighted by atomic mass is 32.2. The Morgan fingerprint density at radius 3 is 2.26 bits per heavy atom. The van der Waals surface area contributed by atoms with Crippen LogP contribution in [0.25, 0.3) is 0 Å². The monoisotopic (exact) mass is 399 g/mol. The predicted octanol–water partition coefficient (Wildman–Crippen LogP) is 2.65. The van der Waals surface area contributed by atoms with Crippen LogP contribution in [0.2, 0.25) is 0 Å². The number of sulfonamides is 1. The van der Waals surface area contributed by atoms with Crippen molar-refractivity contribution in [2.75, 3.05) is 32.7 Å². The molecule has 0 spiro atoms. The number of nitrogens with zero attached hydrogens (tertiary/aromatic N) is 3. The lowest BCUT2D eigenvalue weighted by molar-refractivity contribution is -0.139. The summed E-state index contributed by atoms with van der Waals surface area (Å²) in [5.41, 5.74) is -0.172. The minimum absolute atomic E-state index is 0.163. The molecule has 1 fully saturated rings. The number of rotatable bonds is 5. The summed E-state index contributed by atoms with van der Waals surface area (Å²) < 4.78 is 66.1. The van der Waals surface area contributed by atoms with Gasteiger partial charge in [0.05, 0.1) is 10.5 Å². The molecule has 0 aliphatic carbocycles. The quantitative estimate of drug-likeness (QED) is 0.776. The van der Waals surface area contributed by atoms with E-state index in [4.69, 9.17) is 0 Å². The smallest absolute Gasteiger partial charge is 0.300 e. The van der Waals surface area contributed by atoms with Gasteiger partial charge in [-0.25, -0.2) is 8.42 Å². The molecule has 0 unspecified atom stereocenters. The first kappa shape index (κ1) is 19.8. The zero-order chi connectivity index (χ0) is 19.5. The molecule has 2 aromatic rings. The maximum Gasteiger partial charge on any atom is 0.417 e. The Bertz CT molecular complexity index is 865. The molecule has 0 saturated carbocycles. The second kappa shape index (κ2) is 7.95.